The molecule has 0 aliphatic heterocycles. The summed E-state index contributed by atoms with van der Waals surface area (Å²) in [7, 11) is 1.84. The quantitative estimate of drug-likeness (QED) is 0.785. The van der Waals surface area contributed by atoms with Crippen LogP contribution >= 0.6 is 11.8 Å². The van der Waals surface area contributed by atoms with Crippen molar-refractivity contribution in [3.63, 3.8) is 0 Å². The number of benzene rings is 1. The van der Waals surface area contributed by atoms with E-state index in [4.69, 9.17) is 0 Å². The second-order valence-electron chi connectivity index (χ2n) is 4.40. The lowest BCUT2D eigenvalue weighted by Crippen LogP contribution is -2.35. The van der Waals surface area contributed by atoms with Crippen molar-refractivity contribution in [2.75, 3.05) is 30.8 Å². The summed E-state index contributed by atoms with van der Waals surface area (Å²) in [5.74, 6) is 0.894. The molecule has 1 aromatic carbocycles. The number of carbonyl (C=O) groups is 1. The smallest absolute Gasteiger partial charge is 0.239 e. The zero-order valence-corrected chi connectivity index (χ0v) is 13.1. The third-order valence-electron chi connectivity index (χ3n) is 2.78. The average Bonchev–Trinajstić information content (AvgIpc) is 2.45. The first-order chi connectivity index (χ1) is 9.63. The number of anilines is 1. The average molecular weight is 291 g/mol. The van der Waals surface area contributed by atoms with Gasteiger partial charge in [0.1, 0.15) is 6.07 Å². The van der Waals surface area contributed by atoms with Crippen LogP contribution in [0.1, 0.15) is 25.8 Å². The van der Waals surface area contributed by atoms with Gasteiger partial charge in [0.25, 0.3) is 0 Å². The van der Waals surface area contributed by atoms with E-state index in [1.54, 1.807) is 11.8 Å². The molecular formula is C15H21N3OS. The lowest BCUT2D eigenvalue weighted by atomic mass is 10.2. The van der Waals surface area contributed by atoms with Crippen LogP contribution in [0.5, 0.6) is 0 Å². The Hall–Kier alpha value is -1.67. The first-order valence-corrected chi connectivity index (χ1v) is 7.76. The number of nitrogens with one attached hydrogen (secondary N) is 1. The lowest BCUT2D eigenvalue weighted by Gasteiger charge is -2.21. The van der Waals surface area contributed by atoms with Crippen LogP contribution in [0.4, 0.5) is 5.69 Å². The van der Waals surface area contributed by atoms with Crippen LogP contribution in [0.25, 0.3) is 0 Å². The molecule has 1 N–H and O–H groups in total. The Labute approximate surface area is 125 Å². The molecule has 4 nitrogen and oxygen atoms in total. The fourth-order valence-corrected chi connectivity index (χ4v) is 2.63. The number of thioether (sulfide) groups is 1. The Morgan fingerprint density at radius 3 is 2.80 bits per heavy atom. The Bertz CT molecular complexity index is 496. The minimum Gasteiger partial charge on any atom is -0.364 e. The Balaban J connectivity index is 2.87. The van der Waals surface area contributed by atoms with Crippen LogP contribution in [0.15, 0.2) is 23.1 Å². The van der Waals surface area contributed by atoms with Gasteiger partial charge in [0.05, 0.1) is 17.8 Å². The molecule has 0 saturated heterocycles. The standard InChI is InChI=1S/C15H21N3OS/c1-4-9-17-15(19)11-18(3)13-7-6-8-14(20-5-2)12(13)10-16/h6-8H,4-5,9,11H2,1-3H3,(H,17,19). The molecule has 0 unspecified atom stereocenters. The first-order valence-electron chi connectivity index (χ1n) is 6.77. The van der Waals surface area contributed by atoms with Gasteiger partial charge in [-0.25, -0.2) is 0 Å². The van der Waals surface area contributed by atoms with E-state index in [0.29, 0.717) is 12.1 Å². The monoisotopic (exact) mass is 291 g/mol. The third-order valence-corrected chi connectivity index (χ3v) is 3.72. The van der Waals surface area contributed by atoms with E-state index in [1.165, 1.54) is 0 Å². The summed E-state index contributed by atoms with van der Waals surface area (Å²) in [5.41, 5.74) is 1.45. The molecule has 1 aromatic rings. The molecule has 0 aliphatic carbocycles. The van der Waals surface area contributed by atoms with E-state index in [2.05, 4.69) is 18.3 Å². The van der Waals surface area contributed by atoms with Gasteiger partial charge < -0.3 is 10.2 Å². The molecule has 0 spiro atoms. The van der Waals surface area contributed by atoms with Crippen molar-refractivity contribution in [3.8, 4) is 6.07 Å². The van der Waals surface area contributed by atoms with Gasteiger partial charge in [-0.2, -0.15) is 5.26 Å². The van der Waals surface area contributed by atoms with Crippen molar-refractivity contribution in [2.24, 2.45) is 0 Å². The van der Waals surface area contributed by atoms with Crippen molar-refractivity contribution in [1.82, 2.24) is 5.32 Å². The second-order valence-corrected chi connectivity index (χ2v) is 5.71. The van der Waals surface area contributed by atoms with E-state index in [0.717, 1.165) is 22.8 Å². The van der Waals surface area contributed by atoms with Crippen LogP contribution in [0, 0.1) is 11.3 Å². The molecule has 108 valence electrons. The Morgan fingerprint density at radius 1 is 1.45 bits per heavy atom. The van der Waals surface area contributed by atoms with Crippen molar-refractivity contribution in [2.45, 2.75) is 25.2 Å². The molecule has 0 saturated carbocycles. The van der Waals surface area contributed by atoms with Crippen molar-refractivity contribution in [1.29, 1.82) is 5.26 Å². The number of nitriles is 1. The van der Waals surface area contributed by atoms with Crippen LogP contribution < -0.4 is 10.2 Å². The van der Waals surface area contributed by atoms with Gasteiger partial charge in [-0.05, 0) is 24.3 Å². The summed E-state index contributed by atoms with van der Waals surface area (Å²) in [6, 6.07) is 8.00. The minimum absolute atomic E-state index is 0.0215. The van der Waals surface area contributed by atoms with Crippen LogP contribution in [-0.2, 0) is 4.79 Å². The summed E-state index contributed by atoms with van der Waals surface area (Å²) in [4.78, 5) is 14.5. The molecule has 0 bridgehead atoms. The highest BCUT2D eigenvalue weighted by Crippen LogP contribution is 2.29. The molecule has 0 atom stereocenters. The molecular weight excluding hydrogens is 270 g/mol. The molecule has 5 heteroatoms. The summed E-state index contributed by atoms with van der Waals surface area (Å²) in [6.45, 7) is 5.02. The molecule has 0 aliphatic rings. The van der Waals surface area contributed by atoms with E-state index in [9.17, 15) is 10.1 Å². The van der Waals surface area contributed by atoms with E-state index < -0.39 is 0 Å². The minimum atomic E-state index is -0.0215. The largest absolute Gasteiger partial charge is 0.364 e. The summed E-state index contributed by atoms with van der Waals surface area (Å²) in [5, 5.41) is 12.2. The van der Waals surface area contributed by atoms with E-state index in [-0.39, 0.29) is 12.5 Å². The predicted molar refractivity (Wildman–Crippen MR) is 84.1 cm³/mol. The Kier molecular flexibility index (Phi) is 6.96. The van der Waals surface area contributed by atoms with Gasteiger partial charge in [0.2, 0.25) is 5.91 Å². The summed E-state index contributed by atoms with van der Waals surface area (Å²) < 4.78 is 0. The van der Waals surface area contributed by atoms with Crippen molar-refractivity contribution >= 4 is 23.4 Å². The second kappa shape index (κ2) is 8.49. The number of rotatable bonds is 7. The normalized spacial score (nSPS) is 9.90. The number of hydrogen-bond donors (Lipinski definition) is 1. The van der Waals surface area contributed by atoms with Gasteiger partial charge in [-0.15, -0.1) is 11.8 Å². The van der Waals surface area contributed by atoms with Gasteiger partial charge in [0.15, 0.2) is 0 Å². The zero-order valence-electron chi connectivity index (χ0n) is 12.3. The SMILES string of the molecule is CCCNC(=O)CN(C)c1cccc(SCC)c1C#N. The highest BCUT2D eigenvalue weighted by atomic mass is 32.2. The van der Waals surface area contributed by atoms with Crippen LogP contribution in [0.2, 0.25) is 0 Å². The number of likely N-dealkylation sites (N-methyl/N-ethyl adjacent to an activating group) is 1. The molecule has 0 radical (unpaired) electrons. The molecule has 0 heterocycles. The van der Waals surface area contributed by atoms with E-state index >= 15 is 0 Å². The van der Waals surface area contributed by atoms with Crippen LogP contribution in [0.3, 0.4) is 0 Å². The fraction of sp³-hybridized carbons (Fsp3) is 0.467. The highest BCUT2D eigenvalue weighted by Gasteiger charge is 2.13. The first kappa shape index (κ1) is 16.4. The maximum absolute atomic E-state index is 11.8. The number of amides is 1. The molecule has 0 fully saturated rings. The van der Waals surface area contributed by atoms with Gasteiger partial charge >= 0.3 is 0 Å². The van der Waals surface area contributed by atoms with Gasteiger partial charge in [-0.1, -0.05) is 19.9 Å². The zero-order chi connectivity index (χ0) is 15.0. The van der Waals surface area contributed by atoms with Gasteiger partial charge in [-0.3, -0.25) is 4.79 Å². The highest BCUT2D eigenvalue weighted by molar-refractivity contribution is 7.99. The molecule has 1 amide bonds. The fourth-order valence-electron chi connectivity index (χ4n) is 1.85. The Morgan fingerprint density at radius 2 is 2.20 bits per heavy atom. The number of hydrogen-bond acceptors (Lipinski definition) is 4. The van der Waals surface area contributed by atoms with Crippen LogP contribution in [-0.4, -0.2) is 31.8 Å². The summed E-state index contributed by atoms with van der Waals surface area (Å²) in [6.07, 6.45) is 0.918. The maximum Gasteiger partial charge on any atom is 0.239 e. The molecule has 0 aromatic heterocycles. The predicted octanol–water partition coefficient (Wildman–Crippen LogP) is 2.63. The number of nitrogens with zero attached hydrogens (tertiary/aromatic N) is 2. The van der Waals surface area contributed by atoms with Crippen molar-refractivity contribution < 1.29 is 4.79 Å². The molecule has 20 heavy (non-hydrogen) atoms. The van der Waals surface area contributed by atoms with E-state index in [1.807, 2.05) is 37.1 Å². The summed E-state index contributed by atoms with van der Waals surface area (Å²) >= 11 is 1.64. The topological polar surface area (TPSA) is 56.1 Å². The van der Waals surface area contributed by atoms with Crippen molar-refractivity contribution in [3.05, 3.63) is 23.8 Å². The third kappa shape index (κ3) is 4.46. The molecule has 1 rings (SSSR count). The lowest BCUT2D eigenvalue weighted by molar-refractivity contribution is -0.119. The number of carbonyl (C=O) groups excluding carboxylic acids is 1. The maximum atomic E-state index is 11.8. The van der Waals surface area contributed by atoms with Gasteiger partial charge in [0, 0.05) is 18.5 Å².